The number of hydrogen-bond acceptors (Lipinski definition) is 3. The molecule has 0 heterocycles. The molecule has 2 aromatic rings. The number of rotatable bonds is 7. The van der Waals surface area contributed by atoms with Crippen LogP contribution in [-0.2, 0) is 6.42 Å². The molecule has 0 aromatic heterocycles. The SMILES string of the molecule is CCOc1cc(CCC(=O)c2ccccc2)ccc1OC. The van der Waals surface area contributed by atoms with E-state index < -0.39 is 0 Å². The molecule has 0 aliphatic carbocycles. The van der Waals surface area contributed by atoms with E-state index >= 15 is 0 Å². The maximum absolute atomic E-state index is 12.1. The average molecular weight is 284 g/mol. The molecule has 3 nitrogen and oxygen atoms in total. The van der Waals surface area contributed by atoms with Crippen LogP contribution < -0.4 is 9.47 Å². The lowest BCUT2D eigenvalue weighted by Gasteiger charge is -2.11. The number of hydrogen-bond donors (Lipinski definition) is 0. The van der Waals surface area contributed by atoms with Crippen LogP contribution in [0.3, 0.4) is 0 Å². The number of methoxy groups -OCH3 is 1. The van der Waals surface area contributed by atoms with E-state index in [0.29, 0.717) is 19.4 Å². The van der Waals surface area contributed by atoms with Crippen molar-refractivity contribution in [2.75, 3.05) is 13.7 Å². The fourth-order valence-corrected chi connectivity index (χ4v) is 2.17. The lowest BCUT2D eigenvalue weighted by molar-refractivity contribution is 0.0983. The molecule has 2 aromatic carbocycles. The fraction of sp³-hybridized carbons (Fsp3) is 0.278. The normalized spacial score (nSPS) is 10.2. The number of carbonyl (C=O) groups is 1. The molecular weight excluding hydrogens is 264 g/mol. The Balaban J connectivity index is 2.03. The predicted molar refractivity (Wildman–Crippen MR) is 83.3 cm³/mol. The first-order valence-electron chi connectivity index (χ1n) is 7.12. The van der Waals surface area contributed by atoms with Gasteiger partial charge in [-0.2, -0.15) is 0 Å². The van der Waals surface area contributed by atoms with Crippen molar-refractivity contribution in [1.29, 1.82) is 0 Å². The third-order valence-corrected chi connectivity index (χ3v) is 3.26. The molecule has 0 radical (unpaired) electrons. The van der Waals surface area contributed by atoms with Gasteiger partial charge in [-0.25, -0.2) is 0 Å². The number of Topliss-reactive ketones (excluding diaryl/α,β-unsaturated/α-hetero) is 1. The van der Waals surface area contributed by atoms with Gasteiger partial charge in [0.25, 0.3) is 0 Å². The van der Waals surface area contributed by atoms with Crippen LogP contribution in [0.1, 0.15) is 29.3 Å². The highest BCUT2D eigenvalue weighted by Gasteiger charge is 2.08. The monoisotopic (exact) mass is 284 g/mol. The molecule has 0 amide bonds. The molecule has 0 spiro atoms. The average Bonchev–Trinajstić information content (AvgIpc) is 2.54. The zero-order chi connectivity index (χ0) is 15.1. The van der Waals surface area contributed by atoms with E-state index in [1.54, 1.807) is 7.11 Å². The van der Waals surface area contributed by atoms with Gasteiger partial charge in [-0.3, -0.25) is 4.79 Å². The Bertz CT molecular complexity index is 591. The molecule has 2 rings (SSSR count). The number of ketones is 1. The van der Waals surface area contributed by atoms with Crippen LogP contribution in [0, 0.1) is 0 Å². The van der Waals surface area contributed by atoms with Crippen molar-refractivity contribution in [3.8, 4) is 11.5 Å². The van der Waals surface area contributed by atoms with Gasteiger partial charge >= 0.3 is 0 Å². The number of aryl methyl sites for hydroxylation is 1. The topological polar surface area (TPSA) is 35.5 Å². The summed E-state index contributed by atoms with van der Waals surface area (Å²) in [6, 6.07) is 15.2. The van der Waals surface area contributed by atoms with Crippen molar-refractivity contribution in [2.45, 2.75) is 19.8 Å². The number of ether oxygens (including phenoxy) is 2. The minimum atomic E-state index is 0.157. The van der Waals surface area contributed by atoms with Crippen LogP contribution >= 0.6 is 0 Å². The zero-order valence-electron chi connectivity index (χ0n) is 12.5. The Morgan fingerprint density at radius 3 is 2.48 bits per heavy atom. The van der Waals surface area contributed by atoms with Gasteiger partial charge in [-0.15, -0.1) is 0 Å². The predicted octanol–water partition coefficient (Wildman–Crippen LogP) is 3.91. The minimum absolute atomic E-state index is 0.157. The molecule has 0 N–H and O–H groups in total. The summed E-state index contributed by atoms with van der Waals surface area (Å²) in [5.41, 5.74) is 1.83. The van der Waals surface area contributed by atoms with Crippen LogP contribution in [0.2, 0.25) is 0 Å². The largest absolute Gasteiger partial charge is 0.493 e. The lowest BCUT2D eigenvalue weighted by Crippen LogP contribution is -2.02. The first-order valence-corrected chi connectivity index (χ1v) is 7.12. The van der Waals surface area contributed by atoms with E-state index in [1.807, 2.05) is 55.5 Å². The molecule has 0 aliphatic heterocycles. The Morgan fingerprint density at radius 2 is 1.81 bits per heavy atom. The van der Waals surface area contributed by atoms with Gasteiger partial charge in [-0.05, 0) is 31.0 Å². The summed E-state index contributed by atoms with van der Waals surface area (Å²) in [4.78, 5) is 12.1. The van der Waals surface area contributed by atoms with Crippen molar-refractivity contribution in [2.24, 2.45) is 0 Å². The van der Waals surface area contributed by atoms with E-state index in [4.69, 9.17) is 9.47 Å². The van der Waals surface area contributed by atoms with E-state index in [2.05, 4.69) is 0 Å². The quantitative estimate of drug-likeness (QED) is 0.723. The minimum Gasteiger partial charge on any atom is -0.493 e. The second kappa shape index (κ2) is 7.48. The first kappa shape index (κ1) is 15.1. The van der Waals surface area contributed by atoms with Gasteiger partial charge in [-0.1, -0.05) is 36.4 Å². The van der Waals surface area contributed by atoms with Gasteiger partial charge < -0.3 is 9.47 Å². The fourth-order valence-electron chi connectivity index (χ4n) is 2.17. The standard InChI is InChI=1S/C18H20O3/c1-3-21-18-13-14(10-12-17(18)20-2)9-11-16(19)15-7-5-4-6-8-15/h4-8,10,12-13H,3,9,11H2,1-2H3. The van der Waals surface area contributed by atoms with Gasteiger partial charge in [0, 0.05) is 12.0 Å². The van der Waals surface area contributed by atoms with E-state index in [9.17, 15) is 4.79 Å². The molecule has 110 valence electrons. The van der Waals surface area contributed by atoms with Crippen LogP contribution in [0.15, 0.2) is 48.5 Å². The highest BCUT2D eigenvalue weighted by atomic mass is 16.5. The molecule has 0 fully saturated rings. The summed E-state index contributed by atoms with van der Waals surface area (Å²) in [5, 5.41) is 0. The molecule has 0 atom stereocenters. The summed E-state index contributed by atoms with van der Waals surface area (Å²) in [7, 11) is 1.62. The Hall–Kier alpha value is -2.29. The zero-order valence-corrected chi connectivity index (χ0v) is 12.5. The van der Waals surface area contributed by atoms with Gasteiger partial charge in [0.15, 0.2) is 17.3 Å². The highest BCUT2D eigenvalue weighted by molar-refractivity contribution is 5.96. The van der Waals surface area contributed by atoms with Crippen molar-refractivity contribution >= 4 is 5.78 Å². The lowest BCUT2D eigenvalue weighted by atomic mass is 10.0. The molecule has 0 saturated heterocycles. The summed E-state index contributed by atoms with van der Waals surface area (Å²) in [6.45, 7) is 2.52. The summed E-state index contributed by atoms with van der Waals surface area (Å²) in [5.74, 6) is 1.60. The summed E-state index contributed by atoms with van der Waals surface area (Å²) >= 11 is 0. The van der Waals surface area contributed by atoms with E-state index in [1.165, 1.54) is 0 Å². The van der Waals surface area contributed by atoms with Crippen LogP contribution in [0.5, 0.6) is 11.5 Å². The van der Waals surface area contributed by atoms with Crippen LogP contribution in [0.25, 0.3) is 0 Å². The maximum Gasteiger partial charge on any atom is 0.163 e. The molecule has 0 unspecified atom stereocenters. The maximum atomic E-state index is 12.1. The second-order valence-corrected chi connectivity index (χ2v) is 4.71. The van der Waals surface area contributed by atoms with Crippen molar-refractivity contribution in [3.05, 3.63) is 59.7 Å². The summed E-state index contributed by atoms with van der Waals surface area (Å²) in [6.07, 6.45) is 1.18. The Kier molecular flexibility index (Phi) is 5.38. The molecule has 0 saturated carbocycles. The molecule has 0 aliphatic rings. The molecular formula is C18H20O3. The van der Waals surface area contributed by atoms with Crippen LogP contribution in [0.4, 0.5) is 0 Å². The van der Waals surface area contributed by atoms with Crippen LogP contribution in [-0.4, -0.2) is 19.5 Å². The van der Waals surface area contributed by atoms with Crippen molar-refractivity contribution in [3.63, 3.8) is 0 Å². The second-order valence-electron chi connectivity index (χ2n) is 4.71. The molecule has 3 heteroatoms. The van der Waals surface area contributed by atoms with Gasteiger partial charge in [0.1, 0.15) is 0 Å². The van der Waals surface area contributed by atoms with Gasteiger partial charge in [0.05, 0.1) is 13.7 Å². The van der Waals surface area contributed by atoms with E-state index in [0.717, 1.165) is 22.6 Å². The third kappa shape index (κ3) is 4.09. The smallest absolute Gasteiger partial charge is 0.163 e. The number of benzene rings is 2. The Morgan fingerprint density at radius 1 is 1.05 bits per heavy atom. The first-order chi connectivity index (χ1) is 10.2. The van der Waals surface area contributed by atoms with E-state index in [-0.39, 0.29) is 5.78 Å². The van der Waals surface area contributed by atoms with Gasteiger partial charge in [0.2, 0.25) is 0 Å². The van der Waals surface area contributed by atoms with Crippen molar-refractivity contribution in [1.82, 2.24) is 0 Å². The molecule has 21 heavy (non-hydrogen) atoms. The van der Waals surface area contributed by atoms with Crippen molar-refractivity contribution < 1.29 is 14.3 Å². The molecule has 0 bridgehead atoms. The Labute approximate surface area is 125 Å². The highest BCUT2D eigenvalue weighted by Crippen LogP contribution is 2.28. The summed E-state index contributed by atoms with van der Waals surface area (Å²) < 4.78 is 10.8. The third-order valence-electron chi connectivity index (χ3n) is 3.26. The number of carbonyl (C=O) groups excluding carboxylic acids is 1.